The summed E-state index contributed by atoms with van der Waals surface area (Å²) in [6.07, 6.45) is -4.98. The molecule has 0 radical (unpaired) electrons. The van der Waals surface area contributed by atoms with Crippen molar-refractivity contribution in [2.45, 2.75) is 139 Å². The molecule has 13 nitrogen and oxygen atoms in total. The summed E-state index contributed by atoms with van der Waals surface area (Å²) in [6.45, 7) is 9.45. The van der Waals surface area contributed by atoms with Crippen LogP contribution >= 0.6 is 11.6 Å². The van der Waals surface area contributed by atoms with Crippen molar-refractivity contribution >= 4 is 35.2 Å². The average Bonchev–Trinajstić information content (AvgIpc) is 3.26. The molecule has 0 aromatic rings. The summed E-state index contributed by atoms with van der Waals surface area (Å²) >= 11 is 6.99. The van der Waals surface area contributed by atoms with Gasteiger partial charge in [-0.1, -0.05) is 32.4 Å². The number of unbranched alkanes of at least 4 members (excludes halogenated alkanes) is 1. The van der Waals surface area contributed by atoms with E-state index in [1.165, 1.54) is 18.9 Å². The topological polar surface area (TPSA) is 167 Å². The maximum Gasteiger partial charge on any atom is 0.412 e. The van der Waals surface area contributed by atoms with E-state index in [9.17, 15) is 24.3 Å². The highest BCUT2D eigenvalue weighted by Crippen LogP contribution is 2.44. The molecule has 0 aliphatic carbocycles. The lowest BCUT2D eigenvalue weighted by Crippen LogP contribution is -2.60. The van der Waals surface area contributed by atoms with E-state index in [0.717, 1.165) is 6.92 Å². The summed E-state index contributed by atoms with van der Waals surface area (Å²) < 4.78 is 46.1. The van der Waals surface area contributed by atoms with Gasteiger partial charge in [0, 0.05) is 38.0 Å². The molecule has 3 fully saturated rings. The number of ketones is 2. The lowest BCUT2D eigenvalue weighted by molar-refractivity contribution is -0.295. The molecule has 276 valence electrons. The number of hydrogen-bond acceptors (Lipinski definition) is 12. The van der Waals surface area contributed by atoms with Crippen LogP contribution in [-0.2, 0) is 38.1 Å². The highest BCUT2D eigenvalue weighted by Gasteiger charge is 2.61. The predicted molar refractivity (Wildman–Crippen MR) is 174 cm³/mol. The maximum absolute atomic E-state index is 16.5. The SMILES string of the molecule is CC[C@H]1OC(=O)[C@@](C)(F)C(=O)[C@H](C)[C@@H](O[C@@H]2O[C@H](C)CC(N(C)C)C2O)[C@](C)(OC)C[C@@H](C)C(=O)C[C@H]2N(CCCCN)C(=O)O[C@]12Cl. The van der Waals surface area contributed by atoms with Gasteiger partial charge in [-0.05, 0) is 73.5 Å². The van der Waals surface area contributed by atoms with Crippen molar-refractivity contribution in [1.29, 1.82) is 0 Å². The highest BCUT2D eigenvalue weighted by atomic mass is 35.5. The number of halogens is 2. The lowest BCUT2D eigenvalue weighted by atomic mass is 9.76. The third-order valence-corrected chi connectivity index (χ3v) is 10.8. The van der Waals surface area contributed by atoms with E-state index in [1.54, 1.807) is 20.8 Å². The van der Waals surface area contributed by atoms with Gasteiger partial charge in [0.1, 0.15) is 17.9 Å². The molecule has 12 atom stereocenters. The van der Waals surface area contributed by atoms with Crippen LogP contribution in [0.5, 0.6) is 0 Å². The van der Waals surface area contributed by atoms with Crippen LogP contribution in [0.2, 0.25) is 0 Å². The van der Waals surface area contributed by atoms with Crippen molar-refractivity contribution in [3.8, 4) is 0 Å². The number of carbonyl (C=O) groups is 4. The van der Waals surface area contributed by atoms with Crippen LogP contribution < -0.4 is 5.73 Å². The Hall–Kier alpha value is -1.94. The van der Waals surface area contributed by atoms with Crippen LogP contribution in [0.3, 0.4) is 0 Å². The normalized spacial score (nSPS) is 42.0. The van der Waals surface area contributed by atoms with E-state index >= 15 is 4.39 Å². The number of amides is 1. The smallest absolute Gasteiger partial charge is 0.412 e. The van der Waals surface area contributed by atoms with Gasteiger partial charge in [-0.2, -0.15) is 0 Å². The number of esters is 1. The van der Waals surface area contributed by atoms with Gasteiger partial charge in [-0.15, -0.1) is 0 Å². The number of methoxy groups -OCH3 is 1. The largest absolute Gasteiger partial charge is 0.454 e. The monoisotopic (exact) mass is 707 g/mol. The van der Waals surface area contributed by atoms with Crippen molar-refractivity contribution in [2.24, 2.45) is 17.6 Å². The van der Waals surface area contributed by atoms with Gasteiger partial charge in [0.2, 0.25) is 5.06 Å². The van der Waals surface area contributed by atoms with E-state index < -0.39 is 76.7 Å². The minimum Gasteiger partial charge on any atom is -0.454 e. The molecule has 0 aromatic carbocycles. The highest BCUT2D eigenvalue weighted by molar-refractivity contribution is 6.25. The maximum atomic E-state index is 16.5. The molecule has 0 spiro atoms. The van der Waals surface area contributed by atoms with Gasteiger partial charge in [0.15, 0.2) is 18.2 Å². The van der Waals surface area contributed by atoms with Crippen molar-refractivity contribution in [2.75, 3.05) is 34.3 Å². The molecule has 2 unspecified atom stereocenters. The number of nitrogens with zero attached hydrogens (tertiary/aromatic N) is 2. The second kappa shape index (κ2) is 15.9. The van der Waals surface area contributed by atoms with Crippen LogP contribution in [0.15, 0.2) is 0 Å². The number of nitrogens with two attached hydrogens (primary N) is 1. The van der Waals surface area contributed by atoms with Gasteiger partial charge < -0.3 is 39.4 Å². The van der Waals surface area contributed by atoms with E-state index in [4.69, 9.17) is 41.0 Å². The van der Waals surface area contributed by atoms with Gasteiger partial charge in [-0.3, -0.25) is 14.5 Å². The number of fused-ring (bicyclic) bond motifs is 1. The molecule has 3 heterocycles. The Morgan fingerprint density at radius 3 is 2.35 bits per heavy atom. The lowest BCUT2D eigenvalue weighted by Gasteiger charge is -2.47. The van der Waals surface area contributed by atoms with Gasteiger partial charge in [0.05, 0.1) is 17.8 Å². The number of aliphatic hydroxyl groups is 1. The van der Waals surface area contributed by atoms with Gasteiger partial charge in [0.25, 0.3) is 5.67 Å². The van der Waals surface area contributed by atoms with E-state index in [1.807, 2.05) is 25.9 Å². The molecule has 1 amide bonds. The molecule has 3 saturated heterocycles. The molecule has 15 heteroatoms. The van der Waals surface area contributed by atoms with Crippen molar-refractivity contribution < 1.29 is 52.4 Å². The first kappa shape index (κ1) is 40.5. The van der Waals surface area contributed by atoms with Crippen LogP contribution in [0, 0.1) is 11.8 Å². The average molecular weight is 708 g/mol. The molecular weight excluding hydrogens is 653 g/mol. The summed E-state index contributed by atoms with van der Waals surface area (Å²) in [7, 11) is 4.99. The van der Waals surface area contributed by atoms with Crippen LogP contribution in [0.1, 0.15) is 80.1 Å². The van der Waals surface area contributed by atoms with Crippen molar-refractivity contribution in [3.63, 3.8) is 0 Å². The minimum atomic E-state index is -3.20. The number of likely N-dealkylation sites (N-methyl/N-ethyl adjacent to an activating group) is 1. The molecule has 3 N–H and O–H groups in total. The molecule has 3 aliphatic heterocycles. The summed E-state index contributed by atoms with van der Waals surface area (Å²) in [5.41, 5.74) is 1.01. The quantitative estimate of drug-likeness (QED) is 0.156. The molecule has 0 saturated carbocycles. The van der Waals surface area contributed by atoms with Crippen LogP contribution in [-0.4, -0.2) is 132 Å². The zero-order chi connectivity index (χ0) is 36.4. The molecule has 0 aromatic heterocycles. The predicted octanol–water partition coefficient (Wildman–Crippen LogP) is 2.95. The first-order valence-corrected chi connectivity index (χ1v) is 17.2. The summed E-state index contributed by atoms with van der Waals surface area (Å²) in [4.78, 5) is 57.9. The number of carbonyl (C=O) groups excluding carboxylic acids is 4. The Morgan fingerprint density at radius 1 is 1.15 bits per heavy atom. The molecule has 3 rings (SSSR count). The third-order valence-electron chi connectivity index (χ3n) is 10.2. The van der Waals surface area contributed by atoms with Gasteiger partial charge in [-0.25, -0.2) is 14.0 Å². The fourth-order valence-electron chi connectivity index (χ4n) is 7.17. The zero-order valence-corrected chi connectivity index (χ0v) is 30.5. The number of alkyl halides is 2. The van der Waals surface area contributed by atoms with Gasteiger partial charge >= 0.3 is 12.1 Å². The number of Topliss-reactive ketones (excluding diaryl/α,β-unsaturated/α-hetero) is 2. The van der Waals surface area contributed by atoms with Crippen LogP contribution in [0.25, 0.3) is 0 Å². The number of cyclic esters (lactones) is 1. The van der Waals surface area contributed by atoms with E-state index in [0.29, 0.717) is 25.8 Å². The number of aliphatic hydroxyl groups excluding tert-OH is 1. The van der Waals surface area contributed by atoms with E-state index in [-0.39, 0.29) is 43.7 Å². The summed E-state index contributed by atoms with van der Waals surface area (Å²) in [6, 6.07) is -1.44. The second-order valence-corrected chi connectivity index (χ2v) is 14.7. The Labute approximate surface area is 288 Å². The van der Waals surface area contributed by atoms with Crippen LogP contribution in [0.4, 0.5) is 9.18 Å². The molecule has 48 heavy (non-hydrogen) atoms. The van der Waals surface area contributed by atoms with Crippen molar-refractivity contribution in [3.05, 3.63) is 0 Å². The Kier molecular flexibility index (Phi) is 13.5. The summed E-state index contributed by atoms with van der Waals surface area (Å²) in [5, 5.41) is 9.22. The molecule has 0 bridgehead atoms. The molecule has 3 aliphatic rings. The zero-order valence-electron chi connectivity index (χ0n) is 29.7. The Bertz CT molecular complexity index is 1180. The summed E-state index contributed by atoms with van der Waals surface area (Å²) in [5.74, 6) is -5.14. The number of rotatable bonds is 9. The number of ether oxygens (including phenoxy) is 5. The number of hydrogen-bond donors (Lipinski definition) is 2. The minimum absolute atomic E-state index is 0.0190. The first-order valence-electron chi connectivity index (χ1n) is 16.8. The standard InChI is InChI=1S/C33H55ClFN3O10/c1-10-24-33(34)23(38(30(43)48-33)14-12-11-13-36)16-22(39)18(2)17-31(5,44-9)27(20(4)26(41)32(6,35)29(42)46-24)47-28-25(40)21(37(7)8)15-19(3)45-28/h18-21,23-25,27-28,40H,10-17,36H2,1-9H3/t18-,19-,20+,21?,23-,24-,25?,27-,28+,31-,32+,33+/m1/s1. The Morgan fingerprint density at radius 2 is 1.79 bits per heavy atom. The molecular formula is C33H55ClFN3O10. The van der Waals surface area contributed by atoms with Crippen molar-refractivity contribution in [1.82, 2.24) is 9.80 Å². The fourth-order valence-corrected chi connectivity index (χ4v) is 7.63. The Balaban J connectivity index is 2.12. The fraction of sp³-hybridized carbons (Fsp3) is 0.879. The first-order chi connectivity index (χ1) is 22.3. The van der Waals surface area contributed by atoms with E-state index in [2.05, 4.69) is 0 Å². The second-order valence-electron chi connectivity index (χ2n) is 14.2. The third kappa shape index (κ3) is 8.16.